The highest BCUT2D eigenvalue weighted by Gasteiger charge is 2.46. The Bertz CT molecular complexity index is 528. The number of nitrogens with one attached hydrogen (secondary N) is 1. The van der Waals surface area contributed by atoms with Gasteiger partial charge in [0.25, 0.3) is 5.91 Å². The van der Waals surface area contributed by atoms with Gasteiger partial charge >= 0.3 is 5.97 Å². The Kier molecular flexibility index (Phi) is 3.49. The number of carboxylic acid groups (broad SMARTS) is 1. The summed E-state index contributed by atoms with van der Waals surface area (Å²) in [5.74, 6) is -1.15. The van der Waals surface area contributed by atoms with Gasteiger partial charge in [0.2, 0.25) is 0 Å². The van der Waals surface area contributed by atoms with Crippen molar-refractivity contribution in [3.05, 3.63) is 10.6 Å². The largest absolute Gasteiger partial charge is 0.481 e. The number of rotatable bonds is 3. The zero-order valence-corrected chi connectivity index (χ0v) is 11.7. The van der Waals surface area contributed by atoms with Crippen molar-refractivity contribution in [3.8, 4) is 0 Å². The van der Waals surface area contributed by atoms with Gasteiger partial charge in [-0.2, -0.15) is 0 Å². The lowest BCUT2D eigenvalue weighted by molar-refractivity contribution is -0.148. The number of amides is 1. The maximum absolute atomic E-state index is 12.2. The summed E-state index contributed by atoms with van der Waals surface area (Å²) in [4.78, 5) is 28.0. The van der Waals surface area contributed by atoms with Gasteiger partial charge in [-0.15, -0.1) is 0 Å². The SMILES string of the molecule is Cc1nc(N)sc1C(=O)NC1CCCC1(C)C(=O)O. The number of aliphatic carboxylic acids is 1. The first-order valence-electron chi connectivity index (χ1n) is 6.12. The number of carbonyl (C=O) groups excluding carboxylic acids is 1. The van der Waals surface area contributed by atoms with Crippen LogP contribution in [-0.2, 0) is 4.79 Å². The fraction of sp³-hybridized carbons (Fsp3) is 0.583. The molecule has 2 rings (SSSR count). The van der Waals surface area contributed by atoms with Gasteiger partial charge in [0.05, 0.1) is 11.1 Å². The summed E-state index contributed by atoms with van der Waals surface area (Å²) in [7, 11) is 0. The quantitative estimate of drug-likeness (QED) is 0.777. The Morgan fingerprint density at radius 3 is 2.79 bits per heavy atom. The molecule has 19 heavy (non-hydrogen) atoms. The van der Waals surface area contributed by atoms with Gasteiger partial charge in [0, 0.05) is 6.04 Å². The van der Waals surface area contributed by atoms with Gasteiger partial charge in [-0.1, -0.05) is 17.8 Å². The minimum absolute atomic E-state index is 0.286. The fourth-order valence-electron chi connectivity index (χ4n) is 2.51. The average molecular weight is 283 g/mol. The number of nitrogen functional groups attached to an aromatic ring is 1. The van der Waals surface area contributed by atoms with Crippen LogP contribution in [0, 0.1) is 12.3 Å². The molecular formula is C12H17N3O3S. The molecule has 1 aromatic heterocycles. The van der Waals surface area contributed by atoms with Crippen molar-refractivity contribution in [2.24, 2.45) is 5.41 Å². The molecule has 0 saturated heterocycles. The number of hydrogen-bond donors (Lipinski definition) is 3. The first-order chi connectivity index (χ1) is 8.84. The van der Waals surface area contributed by atoms with Crippen LogP contribution in [0.3, 0.4) is 0 Å². The van der Waals surface area contributed by atoms with E-state index in [2.05, 4.69) is 10.3 Å². The van der Waals surface area contributed by atoms with Crippen molar-refractivity contribution in [1.29, 1.82) is 0 Å². The summed E-state index contributed by atoms with van der Waals surface area (Å²) < 4.78 is 0. The zero-order valence-electron chi connectivity index (χ0n) is 10.9. The molecule has 0 spiro atoms. The second-order valence-electron chi connectivity index (χ2n) is 5.11. The Morgan fingerprint density at radius 2 is 2.26 bits per heavy atom. The van der Waals surface area contributed by atoms with Crippen molar-refractivity contribution >= 4 is 28.3 Å². The van der Waals surface area contributed by atoms with Crippen molar-refractivity contribution < 1.29 is 14.7 Å². The van der Waals surface area contributed by atoms with Crippen molar-refractivity contribution in [2.45, 2.75) is 39.2 Å². The van der Waals surface area contributed by atoms with Gasteiger partial charge in [0.1, 0.15) is 4.88 Å². The van der Waals surface area contributed by atoms with Crippen LogP contribution < -0.4 is 11.1 Å². The van der Waals surface area contributed by atoms with E-state index >= 15 is 0 Å². The van der Waals surface area contributed by atoms with Crippen LogP contribution in [0.1, 0.15) is 41.6 Å². The van der Waals surface area contributed by atoms with Crippen LogP contribution in [0.2, 0.25) is 0 Å². The molecule has 1 saturated carbocycles. The smallest absolute Gasteiger partial charge is 0.311 e. The number of anilines is 1. The third-order valence-electron chi connectivity index (χ3n) is 3.77. The monoisotopic (exact) mass is 283 g/mol. The molecule has 1 heterocycles. The Labute approximate surface area is 115 Å². The normalized spacial score (nSPS) is 26.3. The van der Waals surface area contributed by atoms with Crippen LogP contribution in [0.5, 0.6) is 0 Å². The Balaban J connectivity index is 2.15. The minimum Gasteiger partial charge on any atom is -0.481 e. The number of thiazole rings is 1. The highest BCUT2D eigenvalue weighted by molar-refractivity contribution is 7.17. The first-order valence-corrected chi connectivity index (χ1v) is 6.93. The summed E-state index contributed by atoms with van der Waals surface area (Å²) in [5, 5.41) is 12.5. The van der Waals surface area contributed by atoms with E-state index in [-0.39, 0.29) is 11.9 Å². The number of aryl methyl sites for hydroxylation is 1. The predicted molar refractivity (Wildman–Crippen MR) is 72.1 cm³/mol. The first kappa shape index (κ1) is 13.8. The summed E-state index contributed by atoms with van der Waals surface area (Å²) >= 11 is 1.12. The van der Waals surface area contributed by atoms with Gasteiger partial charge in [0.15, 0.2) is 5.13 Å². The van der Waals surface area contributed by atoms with Crippen LogP contribution in [0.4, 0.5) is 5.13 Å². The molecule has 6 nitrogen and oxygen atoms in total. The van der Waals surface area contributed by atoms with Crippen LogP contribution in [-0.4, -0.2) is 28.0 Å². The van der Waals surface area contributed by atoms with E-state index in [0.717, 1.165) is 17.8 Å². The molecule has 1 amide bonds. The molecular weight excluding hydrogens is 266 g/mol. The lowest BCUT2D eigenvalue weighted by atomic mass is 9.85. The molecule has 104 valence electrons. The van der Waals surface area contributed by atoms with Gasteiger partial charge in [-0.3, -0.25) is 9.59 Å². The maximum Gasteiger partial charge on any atom is 0.311 e. The number of nitrogens with two attached hydrogens (primary N) is 1. The topological polar surface area (TPSA) is 105 Å². The van der Waals surface area contributed by atoms with E-state index in [4.69, 9.17) is 5.73 Å². The van der Waals surface area contributed by atoms with Gasteiger partial charge < -0.3 is 16.2 Å². The van der Waals surface area contributed by atoms with E-state index in [0.29, 0.717) is 28.5 Å². The molecule has 1 aromatic rings. The highest BCUT2D eigenvalue weighted by atomic mass is 32.1. The zero-order chi connectivity index (χ0) is 14.2. The molecule has 4 N–H and O–H groups in total. The van der Waals surface area contributed by atoms with E-state index in [1.165, 1.54) is 0 Å². The summed E-state index contributed by atoms with van der Waals surface area (Å²) in [6.45, 7) is 3.40. The molecule has 1 fully saturated rings. The third kappa shape index (κ3) is 2.42. The minimum atomic E-state index is -0.889. The number of nitrogens with zero attached hydrogens (tertiary/aromatic N) is 1. The lowest BCUT2D eigenvalue weighted by Crippen LogP contribution is -2.47. The van der Waals surface area contributed by atoms with Crippen LogP contribution in [0.25, 0.3) is 0 Å². The molecule has 2 atom stereocenters. The lowest BCUT2D eigenvalue weighted by Gasteiger charge is -2.27. The number of carboxylic acids is 1. The number of hydrogen-bond acceptors (Lipinski definition) is 5. The predicted octanol–water partition coefficient (Wildman–Crippen LogP) is 1.41. The highest BCUT2D eigenvalue weighted by Crippen LogP contribution is 2.38. The summed E-state index contributed by atoms with van der Waals surface area (Å²) in [6.07, 6.45) is 2.07. The molecule has 7 heteroatoms. The molecule has 0 radical (unpaired) electrons. The number of carbonyl (C=O) groups is 2. The Morgan fingerprint density at radius 1 is 1.58 bits per heavy atom. The second-order valence-corrected chi connectivity index (χ2v) is 6.14. The molecule has 2 unspecified atom stereocenters. The summed E-state index contributed by atoms with van der Waals surface area (Å²) in [6, 6.07) is -0.347. The third-order valence-corrected chi connectivity index (χ3v) is 4.76. The molecule has 0 bridgehead atoms. The fourth-order valence-corrected chi connectivity index (χ4v) is 3.24. The molecule has 0 aromatic carbocycles. The number of aromatic nitrogens is 1. The standard InChI is InChI=1S/C12H17N3O3S/c1-6-8(19-11(13)14-6)9(16)15-7-4-3-5-12(7,2)10(17)18/h7H,3-5H2,1-2H3,(H2,13,14)(H,15,16)(H,17,18). The van der Waals surface area contributed by atoms with Crippen molar-refractivity contribution in [1.82, 2.24) is 10.3 Å². The molecule has 0 aliphatic heterocycles. The van der Waals surface area contributed by atoms with Gasteiger partial charge in [-0.25, -0.2) is 4.98 Å². The summed E-state index contributed by atoms with van der Waals surface area (Å²) in [5.41, 5.74) is 5.25. The Hall–Kier alpha value is -1.63. The second kappa shape index (κ2) is 4.80. The maximum atomic E-state index is 12.2. The van der Waals surface area contributed by atoms with Crippen LogP contribution >= 0.6 is 11.3 Å². The van der Waals surface area contributed by atoms with E-state index in [1.54, 1.807) is 13.8 Å². The van der Waals surface area contributed by atoms with E-state index < -0.39 is 11.4 Å². The van der Waals surface area contributed by atoms with Crippen molar-refractivity contribution in [3.63, 3.8) is 0 Å². The van der Waals surface area contributed by atoms with Crippen molar-refractivity contribution in [2.75, 3.05) is 5.73 Å². The molecule has 1 aliphatic carbocycles. The van der Waals surface area contributed by atoms with E-state index in [1.807, 2.05) is 0 Å². The van der Waals surface area contributed by atoms with E-state index in [9.17, 15) is 14.7 Å². The van der Waals surface area contributed by atoms with Gasteiger partial charge in [-0.05, 0) is 26.7 Å². The average Bonchev–Trinajstić information content (AvgIpc) is 2.84. The van der Waals surface area contributed by atoms with Crippen LogP contribution in [0.15, 0.2) is 0 Å². The molecule has 1 aliphatic rings.